The van der Waals surface area contributed by atoms with Crippen LogP contribution in [0, 0.1) is 5.92 Å². The van der Waals surface area contributed by atoms with Gasteiger partial charge >= 0.3 is 0 Å². The Labute approximate surface area is 164 Å². The summed E-state index contributed by atoms with van der Waals surface area (Å²) in [6, 6.07) is 13.2. The average Bonchev–Trinajstić information content (AvgIpc) is 3.10. The molecular formula is C22H25N3O3. The first-order valence-electron chi connectivity index (χ1n) is 9.81. The molecule has 2 aromatic rings. The van der Waals surface area contributed by atoms with E-state index >= 15 is 0 Å². The third-order valence-electron chi connectivity index (χ3n) is 5.48. The molecule has 2 heterocycles. The fourth-order valence-corrected chi connectivity index (χ4v) is 4.16. The molecule has 2 N–H and O–H groups in total. The molecule has 2 aromatic carbocycles. The van der Waals surface area contributed by atoms with Gasteiger partial charge in [0.1, 0.15) is 5.75 Å². The van der Waals surface area contributed by atoms with Crippen molar-refractivity contribution in [2.75, 3.05) is 35.2 Å². The Morgan fingerprint density at radius 2 is 1.96 bits per heavy atom. The van der Waals surface area contributed by atoms with Crippen molar-refractivity contribution in [3.05, 3.63) is 48.0 Å². The Balaban J connectivity index is 1.57. The summed E-state index contributed by atoms with van der Waals surface area (Å²) in [6.45, 7) is 3.47. The van der Waals surface area contributed by atoms with Crippen LogP contribution < -0.4 is 20.3 Å². The molecule has 2 aliphatic heterocycles. The number of fused-ring (bicyclic) bond motifs is 1. The van der Waals surface area contributed by atoms with Gasteiger partial charge in [-0.1, -0.05) is 18.2 Å². The van der Waals surface area contributed by atoms with E-state index in [1.165, 1.54) is 0 Å². The topological polar surface area (TPSA) is 75.9 Å². The van der Waals surface area contributed by atoms with Crippen molar-refractivity contribution in [3.63, 3.8) is 0 Å². The van der Waals surface area contributed by atoms with E-state index in [1.54, 1.807) is 4.90 Å². The normalized spacial score (nSPS) is 18.9. The van der Waals surface area contributed by atoms with E-state index in [-0.39, 0.29) is 24.2 Å². The molecule has 28 heavy (non-hydrogen) atoms. The SMILES string of the molecule is CCOc1ccccc1N1CC(C(=O)N2CCCc3c(N)cccc32)CC1=O. The molecule has 6 heteroatoms. The van der Waals surface area contributed by atoms with Crippen molar-refractivity contribution in [2.24, 2.45) is 5.92 Å². The molecule has 0 bridgehead atoms. The maximum atomic E-state index is 13.3. The third kappa shape index (κ3) is 3.19. The maximum Gasteiger partial charge on any atom is 0.232 e. The Kier molecular flexibility index (Phi) is 4.94. The molecule has 6 nitrogen and oxygen atoms in total. The molecule has 1 unspecified atom stereocenters. The first-order valence-corrected chi connectivity index (χ1v) is 9.81. The molecule has 4 rings (SSSR count). The van der Waals surface area contributed by atoms with Gasteiger partial charge in [0.2, 0.25) is 11.8 Å². The van der Waals surface area contributed by atoms with Crippen LogP contribution in [0.25, 0.3) is 0 Å². The summed E-state index contributed by atoms with van der Waals surface area (Å²) >= 11 is 0. The maximum absolute atomic E-state index is 13.3. The number of anilines is 3. The van der Waals surface area contributed by atoms with Gasteiger partial charge in [0.25, 0.3) is 0 Å². The van der Waals surface area contributed by atoms with Crippen LogP contribution in [-0.4, -0.2) is 31.5 Å². The number of amides is 2. The van der Waals surface area contributed by atoms with Gasteiger partial charge in [-0.2, -0.15) is 0 Å². The number of nitrogens with zero attached hydrogens (tertiary/aromatic N) is 2. The summed E-state index contributed by atoms with van der Waals surface area (Å²) in [5, 5.41) is 0. The van der Waals surface area contributed by atoms with Gasteiger partial charge < -0.3 is 20.3 Å². The second kappa shape index (κ2) is 7.54. The zero-order valence-electron chi connectivity index (χ0n) is 16.1. The van der Waals surface area contributed by atoms with Gasteiger partial charge in [-0.05, 0) is 49.6 Å². The quantitative estimate of drug-likeness (QED) is 0.829. The molecule has 0 aliphatic carbocycles. The van der Waals surface area contributed by atoms with Gasteiger partial charge in [-0.25, -0.2) is 0 Å². The Morgan fingerprint density at radius 1 is 1.18 bits per heavy atom. The largest absolute Gasteiger partial charge is 0.492 e. The van der Waals surface area contributed by atoms with Crippen LogP contribution in [0.15, 0.2) is 42.5 Å². The lowest BCUT2D eigenvalue weighted by atomic mass is 9.97. The van der Waals surface area contributed by atoms with Crippen LogP contribution in [0.2, 0.25) is 0 Å². The summed E-state index contributed by atoms with van der Waals surface area (Å²) in [5.41, 5.74) is 9.48. The van der Waals surface area contributed by atoms with Crippen LogP contribution in [0.4, 0.5) is 17.1 Å². The van der Waals surface area contributed by atoms with E-state index in [0.717, 1.165) is 35.5 Å². The zero-order chi connectivity index (χ0) is 19.7. The smallest absolute Gasteiger partial charge is 0.232 e. The van der Waals surface area contributed by atoms with E-state index < -0.39 is 0 Å². The van der Waals surface area contributed by atoms with Gasteiger partial charge in [-0.3, -0.25) is 9.59 Å². The van der Waals surface area contributed by atoms with Crippen LogP contribution >= 0.6 is 0 Å². The third-order valence-corrected chi connectivity index (χ3v) is 5.48. The zero-order valence-corrected chi connectivity index (χ0v) is 16.1. The highest BCUT2D eigenvalue weighted by atomic mass is 16.5. The van der Waals surface area contributed by atoms with Crippen LogP contribution in [0.3, 0.4) is 0 Å². The summed E-state index contributed by atoms with van der Waals surface area (Å²) in [7, 11) is 0. The minimum atomic E-state index is -0.366. The minimum Gasteiger partial charge on any atom is -0.492 e. The molecule has 1 fully saturated rings. The molecule has 0 radical (unpaired) electrons. The van der Waals surface area contributed by atoms with Crippen molar-refractivity contribution in [1.82, 2.24) is 0 Å². The van der Waals surface area contributed by atoms with E-state index in [4.69, 9.17) is 10.5 Å². The van der Waals surface area contributed by atoms with Gasteiger partial charge in [0.15, 0.2) is 0 Å². The number of hydrogen-bond donors (Lipinski definition) is 1. The highest BCUT2D eigenvalue weighted by Crippen LogP contribution is 2.36. The molecule has 2 aliphatic rings. The lowest BCUT2D eigenvalue weighted by Gasteiger charge is -2.32. The molecular weight excluding hydrogens is 354 g/mol. The van der Waals surface area contributed by atoms with E-state index in [2.05, 4.69) is 0 Å². The number of rotatable bonds is 4. The first kappa shape index (κ1) is 18.3. The number of hydrogen-bond acceptors (Lipinski definition) is 4. The number of ether oxygens (including phenoxy) is 1. The summed E-state index contributed by atoms with van der Waals surface area (Å²) in [5.74, 6) is 0.253. The molecule has 2 amide bonds. The predicted molar refractivity (Wildman–Crippen MR) is 110 cm³/mol. The number of nitrogens with two attached hydrogens (primary N) is 1. The molecule has 146 valence electrons. The summed E-state index contributed by atoms with van der Waals surface area (Å²) < 4.78 is 5.67. The molecule has 0 spiro atoms. The summed E-state index contributed by atoms with van der Waals surface area (Å²) in [6.07, 6.45) is 1.97. The van der Waals surface area contributed by atoms with Crippen molar-refractivity contribution in [3.8, 4) is 5.75 Å². The number of nitrogen functional groups attached to an aromatic ring is 1. The van der Waals surface area contributed by atoms with Crippen LogP contribution in [0.5, 0.6) is 5.75 Å². The molecule has 1 saturated heterocycles. The van der Waals surface area contributed by atoms with Gasteiger partial charge in [0, 0.05) is 30.9 Å². The highest BCUT2D eigenvalue weighted by Gasteiger charge is 2.39. The Morgan fingerprint density at radius 3 is 2.79 bits per heavy atom. The lowest BCUT2D eigenvalue weighted by molar-refractivity contribution is -0.124. The standard InChI is InChI=1S/C22H25N3O3/c1-2-28-20-11-4-3-9-19(20)25-14-15(13-21(25)26)22(27)24-12-6-7-16-17(23)8-5-10-18(16)24/h3-5,8-11,15H,2,6-7,12-14,23H2,1H3. The fourth-order valence-electron chi connectivity index (χ4n) is 4.16. The van der Waals surface area contributed by atoms with E-state index in [0.29, 0.717) is 25.4 Å². The van der Waals surface area contributed by atoms with Crippen LogP contribution in [-0.2, 0) is 16.0 Å². The van der Waals surface area contributed by atoms with E-state index in [9.17, 15) is 9.59 Å². The Bertz CT molecular complexity index is 912. The average molecular weight is 379 g/mol. The molecule has 0 saturated carbocycles. The van der Waals surface area contributed by atoms with Crippen molar-refractivity contribution >= 4 is 28.9 Å². The number of benzene rings is 2. The predicted octanol–water partition coefficient (Wildman–Crippen LogP) is 3.00. The summed E-state index contributed by atoms with van der Waals surface area (Å²) in [4.78, 5) is 29.5. The second-order valence-electron chi connectivity index (χ2n) is 7.24. The number of para-hydroxylation sites is 2. The van der Waals surface area contributed by atoms with Gasteiger partial charge in [0.05, 0.1) is 18.2 Å². The molecule has 0 aromatic heterocycles. The van der Waals surface area contributed by atoms with Crippen molar-refractivity contribution in [2.45, 2.75) is 26.2 Å². The lowest BCUT2D eigenvalue weighted by Crippen LogP contribution is -2.40. The monoisotopic (exact) mass is 379 g/mol. The fraction of sp³-hybridized carbons (Fsp3) is 0.364. The van der Waals surface area contributed by atoms with Gasteiger partial charge in [-0.15, -0.1) is 0 Å². The molecule has 1 atom stereocenters. The van der Waals surface area contributed by atoms with Crippen molar-refractivity contribution in [1.29, 1.82) is 0 Å². The van der Waals surface area contributed by atoms with Crippen molar-refractivity contribution < 1.29 is 14.3 Å². The Hall–Kier alpha value is -3.02. The first-order chi connectivity index (χ1) is 13.6. The number of carbonyl (C=O) groups excluding carboxylic acids is 2. The number of carbonyl (C=O) groups is 2. The van der Waals surface area contributed by atoms with Crippen LogP contribution in [0.1, 0.15) is 25.3 Å². The van der Waals surface area contributed by atoms with E-state index in [1.807, 2.05) is 54.3 Å². The second-order valence-corrected chi connectivity index (χ2v) is 7.24. The minimum absolute atomic E-state index is 0.00343. The highest BCUT2D eigenvalue weighted by molar-refractivity contribution is 6.05.